The van der Waals surface area contributed by atoms with Crippen molar-refractivity contribution in [2.75, 3.05) is 38.8 Å². The number of anilines is 1. The van der Waals surface area contributed by atoms with Crippen LogP contribution in [0.3, 0.4) is 0 Å². The van der Waals surface area contributed by atoms with E-state index in [0.29, 0.717) is 19.8 Å². The number of methoxy groups -OCH3 is 1. The second kappa shape index (κ2) is 8.34. The minimum atomic E-state index is 0.00751. The van der Waals surface area contributed by atoms with Gasteiger partial charge in [-0.3, -0.25) is 0 Å². The summed E-state index contributed by atoms with van der Waals surface area (Å²) in [6, 6.07) is 8.06. The lowest BCUT2D eigenvalue weighted by atomic mass is 10.1. The molecule has 1 aromatic rings. The lowest BCUT2D eigenvalue weighted by Crippen LogP contribution is -2.12. The summed E-state index contributed by atoms with van der Waals surface area (Å²) in [5.41, 5.74) is 2.19. The SMILES string of the molecule is COCCOCCNc1ccccc1C(C)Cl. The van der Waals surface area contributed by atoms with Crippen molar-refractivity contribution in [3.63, 3.8) is 0 Å². The van der Waals surface area contributed by atoms with Gasteiger partial charge in [-0.1, -0.05) is 18.2 Å². The fourth-order valence-electron chi connectivity index (χ4n) is 1.51. The average Bonchev–Trinajstić information content (AvgIpc) is 2.34. The Bertz CT molecular complexity index is 318. The van der Waals surface area contributed by atoms with Crippen LogP contribution in [0, 0.1) is 0 Å². The lowest BCUT2D eigenvalue weighted by Gasteiger charge is -2.13. The van der Waals surface area contributed by atoms with Gasteiger partial charge in [0.25, 0.3) is 0 Å². The van der Waals surface area contributed by atoms with Crippen LogP contribution >= 0.6 is 11.6 Å². The zero-order valence-corrected chi connectivity index (χ0v) is 11.2. The highest BCUT2D eigenvalue weighted by molar-refractivity contribution is 6.21. The van der Waals surface area contributed by atoms with E-state index < -0.39 is 0 Å². The van der Waals surface area contributed by atoms with Gasteiger partial charge in [-0.25, -0.2) is 0 Å². The summed E-state index contributed by atoms with van der Waals surface area (Å²) >= 11 is 6.10. The molecule has 1 N–H and O–H groups in total. The van der Waals surface area contributed by atoms with Crippen molar-refractivity contribution in [1.29, 1.82) is 0 Å². The van der Waals surface area contributed by atoms with E-state index in [0.717, 1.165) is 17.8 Å². The molecule has 1 atom stereocenters. The highest BCUT2D eigenvalue weighted by Crippen LogP contribution is 2.26. The molecule has 3 nitrogen and oxygen atoms in total. The highest BCUT2D eigenvalue weighted by Gasteiger charge is 2.06. The minimum absolute atomic E-state index is 0.00751. The predicted molar refractivity (Wildman–Crippen MR) is 71.9 cm³/mol. The first-order chi connectivity index (χ1) is 8.25. The molecule has 0 amide bonds. The van der Waals surface area contributed by atoms with Gasteiger partial charge >= 0.3 is 0 Å². The van der Waals surface area contributed by atoms with Gasteiger partial charge in [-0.15, -0.1) is 11.6 Å². The van der Waals surface area contributed by atoms with Gasteiger partial charge < -0.3 is 14.8 Å². The van der Waals surface area contributed by atoms with Crippen LogP contribution in [0.4, 0.5) is 5.69 Å². The first-order valence-electron chi connectivity index (χ1n) is 5.79. The van der Waals surface area contributed by atoms with Crippen LogP contribution in [0.1, 0.15) is 17.9 Å². The Morgan fingerprint density at radius 2 is 2.00 bits per heavy atom. The van der Waals surface area contributed by atoms with E-state index in [1.807, 2.05) is 31.2 Å². The fraction of sp³-hybridized carbons (Fsp3) is 0.538. The van der Waals surface area contributed by atoms with Crippen molar-refractivity contribution < 1.29 is 9.47 Å². The van der Waals surface area contributed by atoms with Crippen molar-refractivity contribution in [1.82, 2.24) is 0 Å². The van der Waals surface area contributed by atoms with Crippen molar-refractivity contribution in [3.8, 4) is 0 Å². The summed E-state index contributed by atoms with van der Waals surface area (Å²) in [6.07, 6.45) is 0. The molecule has 4 heteroatoms. The second-order valence-electron chi connectivity index (χ2n) is 3.74. The number of nitrogens with one attached hydrogen (secondary N) is 1. The fourth-order valence-corrected chi connectivity index (χ4v) is 1.70. The van der Waals surface area contributed by atoms with E-state index in [1.165, 1.54) is 0 Å². The molecule has 0 saturated carbocycles. The molecule has 0 aliphatic rings. The normalized spacial score (nSPS) is 12.4. The van der Waals surface area contributed by atoms with Crippen LogP contribution in [-0.2, 0) is 9.47 Å². The number of hydrogen-bond acceptors (Lipinski definition) is 3. The van der Waals surface area contributed by atoms with Crippen LogP contribution in [0.15, 0.2) is 24.3 Å². The molecule has 0 saturated heterocycles. The number of halogens is 1. The highest BCUT2D eigenvalue weighted by atomic mass is 35.5. The maximum atomic E-state index is 6.10. The molecule has 0 bridgehead atoms. The molecule has 1 unspecified atom stereocenters. The van der Waals surface area contributed by atoms with Crippen LogP contribution < -0.4 is 5.32 Å². The van der Waals surface area contributed by atoms with Crippen LogP contribution in [0.5, 0.6) is 0 Å². The van der Waals surface area contributed by atoms with Gasteiger partial charge in [0.2, 0.25) is 0 Å². The Kier molecular flexibility index (Phi) is 7.01. The van der Waals surface area contributed by atoms with Gasteiger partial charge in [-0.05, 0) is 18.6 Å². The molecule has 17 heavy (non-hydrogen) atoms. The molecular formula is C13H20ClNO2. The first kappa shape index (κ1) is 14.3. The molecular weight excluding hydrogens is 238 g/mol. The molecule has 0 aliphatic carbocycles. The lowest BCUT2D eigenvalue weighted by molar-refractivity contribution is 0.0759. The third kappa shape index (κ3) is 5.39. The largest absolute Gasteiger partial charge is 0.382 e. The topological polar surface area (TPSA) is 30.5 Å². The van der Waals surface area contributed by atoms with Gasteiger partial charge in [0, 0.05) is 19.3 Å². The number of benzene rings is 1. The Morgan fingerprint density at radius 3 is 2.71 bits per heavy atom. The molecule has 0 fully saturated rings. The Balaban J connectivity index is 2.31. The summed E-state index contributed by atoms with van der Waals surface area (Å²) < 4.78 is 10.3. The van der Waals surface area contributed by atoms with Gasteiger partial charge in [0.1, 0.15) is 0 Å². The monoisotopic (exact) mass is 257 g/mol. The molecule has 0 heterocycles. The van der Waals surface area contributed by atoms with E-state index in [4.69, 9.17) is 21.1 Å². The van der Waals surface area contributed by atoms with Crippen molar-refractivity contribution in [2.45, 2.75) is 12.3 Å². The molecule has 96 valence electrons. The predicted octanol–water partition coefficient (Wildman–Crippen LogP) is 3.06. The smallest absolute Gasteiger partial charge is 0.0701 e. The van der Waals surface area contributed by atoms with Gasteiger partial charge in [0.15, 0.2) is 0 Å². The summed E-state index contributed by atoms with van der Waals surface area (Å²) in [4.78, 5) is 0. The third-order valence-electron chi connectivity index (χ3n) is 2.38. The van der Waals surface area contributed by atoms with Crippen molar-refractivity contribution in [2.24, 2.45) is 0 Å². The Morgan fingerprint density at radius 1 is 1.24 bits per heavy atom. The maximum absolute atomic E-state index is 6.10. The Labute approximate surface area is 108 Å². The number of para-hydroxylation sites is 1. The maximum Gasteiger partial charge on any atom is 0.0701 e. The summed E-state index contributed by atoms with van der Waals surface area (Å²) in [5.74, 6) is 0. The molecule has 0 spiro atoms. The number of alkyl halides is 1. The number of ether oxygens (including phenoxy) is 2. The quantitative estimate of drug-likeness (QED) is 0.574. The average molecular weight is 258 g/mol. The van der Waals surface area contributed by atoms with Gasteiger partial charge in [0.05, 0.1) is 25.2 Å². The van der Waals surface area contributed by atoms with Crippen LogP contribution in [-0.4, -0.2) is 33.5 Å². The molecule has 0 radical (unpaired) electrons. The van der Waals surface area contributed by atoms with E-state index in [2.05, 4.69) is 5.32 Å². The second-order valence-corrected chi connectivity index (χ2v) is 4.39. The zero-order valence-electron chi connectivity index (χ0n) is 10.4. The molecule has 1 aromatic carbocycles. The number of hydrogen-bond donors (Lipinski definition) is 1. The molecule has 0 aliphatic heterocycles. The minimum Gasteiger partial charge on any atom is -0.382 e. The van der Waals surface area contributed by atoms with Crippen LogP contribution in [0.25, 0.3) is 0 Å². The summed E-state index contributed by atoms with van der Waals surface area (Å²) in [6.45, 7) is 4.66. The van der Waals surface area contributed by atoms with E-state index in [9.17, 15) is 0 Å². The molecule has 1 rings (SSSR count). The molecule has 0 aromatic heterocycles. The van der Waals surface area contributed by atoms with E-state index in [-0.39, 0.29) is 5.38 Å². The summed E-state index contributed by atoms with van der Waals surface area (Å²) in [5, 5.41) is 3.33. The van der Waals surface area contributed by atoms with Crippen molar-refractivity contribution in [3.05, 3.63) is 29.8 Å². The number of rotatable bonds is 8. The van der Waals surface area contributed by atoms with E-state index in [1.54, 1.807) is 7.11 Å². The van der Waals surface area contributed by atoms with E-state index >= 15 is 0 Å². The Hall–Kier alpha value is -0.770. The first-order valence-corrected chi connectivity index (χ1v) is 6.23. The van der Waals surface area contributed by atoms with Crippen LogP contribution in [0.2, 0.25) is 0 Å². The van der Waals surface area contributed by atoms with Gasteiger partial charge in [-0.2, -0.15) is 0 Å². The zero-order chi connectivity index (χ0) is 12.5. The third-order valence-corrected chi connectivity index (χ3v) is 2.62. The van der Waals surface area contributed by atoms with Crippen molar-refractivity contribution >= 4 is 17.3 Å². The summed E-state index contributed by atoms with van der Waals surface area (Å²) in [7, 11) is 1.67. The standard InChI is InChI=1S/C13H20ClNO2/c1-11(14)12-5-3-4-6-13(12)15-7-8-17-10-9-16-2/h3-6,11,15H,7-10H2,1-2H3.